The summed E-state index contributed by atoms with van der Waals surface area (Å²) in [5.74, 6) is 1.65. The van der Waals surface area contributed by atoms with E-state index in [0.717, 1.165) is 62.2 Å². The molecule has 11 aromatic carbocycles. The van der Waals surface area contributed by atoms with E-state index in [1.807, 2.05) is 11.3 Å². The number of para-hydroxylation sites is 2. The molecule has 0 saturated carbocycles. The Kier molecular flexibility index (Phi) is 14.5. The molecule has 4 aromatic heterocycles. The maximum absolute atomic E-state index is 5.27. The van der Waals surface area contributed by atoms with E-state index in [1.54, 1.807) is 0 Å². The van der Waals surface area contributed by atoms with Gasteiger partial charge in [0, 0.05) is 75.4 Å². The lowest BCUT2D eigenvalue weighted by atomic mass is 9.82. The maximum Gasteiger partial charge on any atom is 0.161 e. The third-order valence-corrected chi connectivity index (χ3v) is 19.7. The van der Waals surface area contributed by atoms with Crippen molar-refractivity contribution >= 4 is 159 Å². The van der Waals surface area contributed by atoms with Crippen molar-refractivity contribution in [2.45, 2.75) is 51.4 Å². The molecule has 0 aliphatic heterocycles. The standard InChI is InChI=1S/C41H31N3.C37H25NS.H2S3.H2S2/c1-41(2)33-19-11-9-18-30(33)39-31-24-37-32(23-28(31)21-22-34(39)41)29-17-10-12-20-36(29)44(37)38-25-35(26-13-5-3-6-14-26)42-40(43-38)27-15-7-4-8-16-27;1-37(2)30-12-6-3-11-27(30)36-28-21-33-29(19-22(28)15-18-31(36)37)24-9-4-7-13-32(24)38(33)23-16-17-26-25-10-5-8-14-34(25)39-35(26)20-23;1-3-2;1-2/h3,5-7,9-25H,4,8H2,1-2H3;3-21H,1-2H3;1-2H;1-2H. The molecule has 88 heavy (non-hydrogen) atoms. The second kappa shape index (κ2) is 22.6. The van der Waals surface area contributed by atoms with Gasteiger partial charge in [-0.1, -0.05) is 233 Å². The Hall–Kier alpha value is -7.93. The van der Waals surface area contributed by atoms with Crippen molar-refractivity contribution in [2.75, 3.05) is 0 Å². The van der Waals surface area contributed by atoms with Gasteiger partial charge in [0.15, 0.2) is 5.82 Å². The van der Waals surface area contributed by atoms with E-state index in [9.17, 15) is 0 Å². The molecule has 0 fully saturated rings. The van der Waals surface area contributed by atoms with Crippen LogP contribution in [-0.4, -0.2) is 19.1 Å². The molecule has 0 saturated heterocycles. The third kappa shape index (κ3) is 9.07. The molecular weight excluding hydrogens is 1190 g/mol. The van der Waals surface area contributed by atoms with Crippen LogP contribution in [-0.2, 0) is 10.8 Å². The molecular formula is C78H60N4S6. The van der Waals surface area contributed by atoms with Crippen LogP contribution in [0.3, 0.4) is 0 Å². The number of hydrogen-bond donors (Lipinski definition) is 4. The summed E-state index contributed by atoms with van der Waals surface area (Å²) in [5, 5.41) is 12.9. The van der Waals surface area contributed by atoms with Crippen molar-refractivity contribution in [1.29, 1.82) is 0 Å². The highest BCUT2D eigenvalue weighted by molar-refractivity contribution is 9.01. The van der Waals surface area contributed by atoms with E-state index >= 15 is 0 Å². The first-order chi connectivity index (χ1) is 43.1. The summed E-state index contributed by atoms with van der Waals surface area (Å²) in [6.45, 7) is 9.42. The van der Waals surface area contributed by atoms with Gasteiger partial charge in [-0.05, 0) is 143 Å². The summed E-state index contributed by atoms with van der Waals surface area (Å²) in [5.41, 5.74) is 20.2. The number of hydrogen-bond acceptors (Lipinski definition) is 8. The normalized spacial score (nSPS) is 14.1. The zero-order valence-corrected chi connectivity index (χ0v) is 54.1. The van der Waals surface area contributed by atoms with Crippen molar-refractivity contribution < 1.29 is 0 Å². The fourth-order valence-electron chi connectivity index (χ4n) is 14.6. The highest BCUT2D eigenvalue weighted by Crippen LogP contribution is 2.54. The minimum Gasteiger partial charge on any atom is -0.309 e. The Bertz CT molecular complexity index is 5370. The van der Waals surface area contributed by atoms with Gasteiger partial charge >= 0.3 is 0 Å². The van der Waals surface area contributed by atoms with Gasteiger partial charge in [0.1, 0.15) is 5.82 Å². The van der Waals surface area contributed by atoms with Crippen molar-refractivity contribution in [3.05, 3.63) is 271 Å². The molecule has 0 unspecified atom stereocenters. The highest BCUT2D eigenvalue weighted by Gasteiger charge is 2.38. The molecule has 428 valence electrons. The predicted octanol–water partition coefficient (Wildman–Crippen LogP) is 23.2. The number of thiophene rings is 1. The number of rotatable bonds is 4. The number of fused-ring (bicyclic) bond motifs is 19. The molecule has 3 aliphatic carbocycles. The Morgan fingerprint density at radius 2 is 0.955 bits per heavy atom. The second-order valence-corrected chi connectivity index (χ2v) is 27.2. The monoisotopic (exact) mass is 1240 g/mol. The molecule has 18 rings (SSSR count). The molecule has 0 spiro atoms. The highest BCUT2D eigenvalue weighted by atomic mass is 33.5. The summed E-state index contributed by atoms with van der Waals surface area (Å²) in [4.78, 5) is 10.4. The Morgan fingerprint density at radius 3 is 1.56 bits per heavy atom. The lowest BCUT2D eigenvalue weighted by molar-refractivity contribution is 0.660. The molecule has 0 radical (unpaired) electrons. The number of thiol groups is 4. The van der Waals surface area contributed by atoms with Gasteiger partial charge in [-0.25, -0.2) is 9.97 Å². The molecule has 0 bridgehead atoms. The minimum absolute atomic E-state index is 0.00596. The van der Waals surface area contributed by atoms with Crippen LogP contribution >= 0.6 is 67.8 Å². The average Bonchev–Trinajstić information content (AvgIpc) is 1.61. The fraction of sp³-hybridized carbons (Fsp3) is 0.103. The molecule has 0 atom stereocenters. The van der Waals surface area contributed by atoms with Crippen LogP contribution in [0.4, 0.5) is 0 Å². The van der Waals surface area contributed by atoms with E-state index in [4.69, 9.17) is 9.97 Å². The molecule has 4 nitrogen and oxygen atoms in total. The number of aromatic nitrogens is 4. The molecule has 0 amide bonds. The summed E-state index contributed by atoms with van der Waals surface area (Å²) in [7, 11) is 1.14. The Morgan fingerprint density at radius 1 is 0.432 bits per heavy atom. The summed E-state index contributed by atoms with van der Waals surface area (Å²) in [6.07, 6.45) is 8.71. The predicted molar refractivity (Wildman–Crippen MR) is 396 cm³/mol. The molecule has 15 aromatic rings. The van der Waals surface area contributed by atoms with Crippen LogP contribution in [0.25, 0.3) is 136 Å². The van der Waals surface area contributed by atoms with Gasteiger partial charge in [-0.2, -0.15) is 0 Å². The quantitative estimate of drug-likeness (QED) is 0.105. The van der Waals surface area contributed by atoms with Crippen molar-refractivity contribution in [3.8, 4) is 45.0 Å². The van der Waals surface area contributed by atoms with Gasteiger partial charge in [0.25, 0.3) is 0 Å². The summed E-state index contributed by atoms with van der Waals surface area (Å²) >= 11 is 15.5. The number of benzene rings is 11. The largest absolute Gasteiger partial charge is 0.309 e. The molecule has 0 N–H and O–H groups in total. The SMILES string of the molecule is CC1(C)c2ccccc2-c2c1ccc1cc3c4ccccc4n(-c4cc(-c5ccccc5)nc(C5=CCCC=C5)n4)c3cc21.CC1(C)c2ccccc2-c2c1ccc1cc3c4ccccc4n(-c4ccc5c(c4)sc4ccccc45)c3cc21.SS.SSS. The van der Waals surface area contributed by atoms with E-state index in [-0.39, 0.29) is 10.8 Å². The van der Waals surface area contributed by atoms with Gasteiger partial charge in [-0.15, -0.1) is 34.7 Å². The van der Waals surface area contributed by atoms with E-state index in [1.165, 1.54) is 124 Å². The van der Waals surface area contributed by atoms with Crippen LogP contribution < -0.4 is 0 Å². The van der Waals surface area contributed by atoms with E-state index < -0.39 is 0 Å². The van der Waals surface area contributed by atoms with Crippen LogP contribution in [0.1, 0.15) is 68.6 Å². The molecule has 3 aliphatic rings. The molecule has 4 heterocycles. The van der Waals surface area contributed by atoms with Crippen LogP contribution in [0.5, 0.6) is 0 Å². The van der Waals surface area contributed by atoms with Crippen molar-refractivity contribution in [3.63, 3.8) is 0 Å². The first-order valence-corrected chi connectivity index (χ1v) is 35.0. The number of nitrogens with zero attached hydrogens (tertiary/aromatic N) is 4. The first-order valence-electron chi connectivity index (χ1n) is 29.7. The fourth-order valence-corrected chi connectivity index (χ4v) is 15.7. The lowest BCUT2D eigenvalue weighted by Crippen LogP contribution is -2.14. The topological polar surface area (TPSA) is 35.6 Å². The Labute approximate surface area is 540 Å². The first kappa shape index (κ1) is 56.6. The van der Waals surface area contributed by atoms with Gasteiger partial charge in [0.2, 0.25) is 0 Å². The van der Waals surface area contributed by atoms with Crippen LogP contribution in [0, 0.1) is 0 Å². The van der Waals surface area contributed by atoms with Crippen molar-refractivity contribution in [1.82, 2.24) is 19.1 Å². The average molecular weight is 1250 g/mol. The smallest absolute Gasteiger partial charge is 0.161 e. The van der Waals surface area contributed by atoms with Gasteiger partial charge in [0.05, 0.1) is 27.8 Å². The Balaban J connectivity index is 0.000000139. The van der Waals surface area contributed by atoms with E-state index in [2.05, 4.69) is 326 Å². The number of allylic oxidation sites excluding steroid dienone is 4. The van der Waals surface area contributed by atoms with Crippen LogP contribution in [0.15, 0.2) is 243 Å². The van der Waals surface area contributed by atoms with E-state index in [0.29, 0.717) is 0 Å². The zero-order valence-electron chi connectivity index (χ0n) is 48.9. The minimum atomic E-state index is -0.0465. The van der Waals surface area contributed by atoms with Crippen molar-refractivity contribution in [2.24, 2.45) is 0 Å². The zero-order chi connectivity index (χ0) is 60.0. The third-order valence-electron chi connectivity index (χ3n) is 18.6. The lowest BCUT2D eigenvalue weighted by Gasteiger charge is -2.21. The summed E-state index contributed by atoms with van der Waals surface area (Å²) < 4.78 is 7.49. The maximum atomic E-state index is 5.27. The van der Waals surface area contributed by atoms with Gasteiger partial charge < -0.3 is 4.57 Å². The van der Waals surface area contributed by atoms with Crippen LogP contribution in [0.2, 0.25) is 0 Å². The van der Waals surface area contributed by atoms with Gasteiger partial charge in [-0.3, -0.25) is 4.57 Å². The second-order valence-electron chi connectivity index (χ2n) is 24.0. The summed E-state index contributed by atoms with van der Waals surface area (Å²) in [6, 6.07) is 82.7. The molecule has 10 heteroatoms.